The molecule has 0 spiro atoms. The topological polar surface area (TPSA) is 91.2 Å². The number of amides is 1. The molecular formula is C25H25N5O3. The summed E-state index contributed by atoms with van der Waals surface area (Å²) in [5.74, 6) is 2.63. The van der Waals surface area contributed by atoms with Gasteiger partial charge in [-0.1, -0.05) is 6.07 Å². The van der Waals surface area contributed by atoms with Gasteiger partial charge in [-0.25, -0.2) is 9.67 Å². The molecule has 8 nitrogen and oxygen atoms in total. The first-order valence-corrected chi connectivity index (χ1v) is 10.5. The first kappa shape index (κ1) is 22.0. The number of hydrogen-bond acceptors (Lipinski definition) is 6. The number of hydrogen-bond donors (Lipinski definition) is 1. The monoisotopic (exact) mass is 443 g/mol. The fourth-order valence-electron chi connectivity index (χ4n) is 3.32. The Morgan fingerprint density at radius 3 is 2.36 bits per heavy atom. The fraction of sp³-hybridized carbons (Fsp3) is 0.200. The number of nitrogens with one attached hydrogen (secondary N) is 1. The van der Waals surface area contributed by atoms with Crippen LogP contribution >= 0.6 is 0 Å². The van der Waals surface area contributed by atoms with E-state index >= 15 is 0 Å². The summed E-state index contributed by atoms with van der Waals surface area (Å²) in [7, 11) is 1.57. The molecular weight excluding hydrogens is 418 g/mol. The Labute approximate surface area is 192 Å². The molecule has 2 aromatic carbocycles. The van der Waals surface area contributed by atoms with Crippen molar-refractivity contribution in [3.63, 3.8) is 0 Å². The Morgan fingerprint density at radius 1 is 0.939 bits per heavy atom. The van der Waals surface area contributed by atoms with Crippen molar-refractivity contribution in [2.75, 3.05) is 12.4 Å². The van der Waals surface area contributed by atoms with Crippen molar-refractivity contribution >= 4 is 11.6 Å². The molecule has 168 valence electrons. The van der Waals surface area contributed by atoms with Gasteiger partial charge >= 0.3 is 0 Å². The molecule has 0 unspecified atom stereocenters. The van der Waals surface area contributed by atoms with Gasteiger partial charge in [-0.05, 0) is 75.7 Å². The van der Waals surface area contributed by atoms with Crippen LogP contribution in [0, 0.1) is 27.7 Å². The Bertz CT molecular complexity index is 1310. The number of aryl methyl sites for hydroxylation is 2. The Hall–Kier alpha value is -4.20. The highest BCUT2D eigenvalue weighted by atomic mass is 16.5. The van der Waals surface area contributed by atoms with Gasteiger partial charge in [-0.15, -0.1) is 0 Å². The molecule has 1 N–H and O–H groups in total. The summed E-state index contributed by atoms with van der Waals surface area (Å²) >= 11 is 0. The minimum absolute atomic E-state index is 0.223. The molecule has 8 heteroatoms. The van der Waals surface area contributed by atoms with E-state index in [0.29, 0.717) is 40.3 Å². The second-order valence-electron chi connectivity index (χ2n) is 7.63. The van der Waals surface area contributed by atoms with Gasteiger partial charge < -0.3 is 14.8 Å². The van der Waals surface area contributed by atoms with Gasteiger partial charge in [0, 0.05) is 23.0 Å². The molecule has 4 rings (SSSR count). The summed E-state index contributed by atoms with van der Waals surface area (Å²) in [6.07, 6.45) is 0. The number of carbonyl (C=O) groups is 1. The van der Waals surface area contributed by atoms with E-state index in [1.165, 1.54) is 0 Å². The first-order chi connectivity index (χ1) is 15.8. The lowest BCUT2D eigenvalue weighted by Crippen LogP contribution is -2.11. The Morgan fingerprint density at radius 2 is 1.70 bits per heavy atom. The van der Waals surface area contributed by atoms with Crippen molar-refractivity contribution in [1.82, 2.24) is 19.7 Å². The molecule has 2 heterocycles. The largest absolute Gasteiger partial charge is 0.497 e. The summed E-state index contributed by atoms with van der Waals surface area (Å²) in [6.45, 7) is 7.82. The number of ether oxygens (including phenoxy) is 2. The van der Waals surface area contributed by atoms with Crippen molar-refractivity contribution in [2.45, 2.75) is 27.7 Å². The van der Waals surface area contributed by atoms with E-state index in [1.54, 1.807) is 66.4 Å². The maximum Gasteiger partial charge on any atom is 0.255 e. The summed E-state index contributed by atoms with van der Waals surface area (Å²) in [5.41, 5.74) is 4.26. The third-order valence-corrected chi connectivity index (χ3v) is 5.34. The highest BCUT2D eigenvalue weighted by molar-refractivity contribution is 6.04. The lowest BCUT2D eigenvalue weighted by Gasteiger charge is -2.10. The minimum Gasteiger partial charge on any atom is -0.497 e. The zero-order valence-electron chi connectivity index (χ0n) is 19.2. The van der Waals surface area contributed by atoms with Crippen LogP contribution in [0.15, 0.2) is 54.6 Å². The standard InChI is InChI=1S/C25H25N5O3/c1-15-16(2)29-30(17(15)3)23-14-24(27-18(4)26-23)33-21-11-9-20(10-12-21)28-25(31)19-7-6-8-22(13-19)32-5/h6-14H,1-5H3,(H,28,31). The van der Waals surface area contributed by atoms with E-state index < -0.39 is 0 Å². The predicted octanol–water partition coefficient (Wildman–Crippen LogP) is 4.95. The first-order valence-electron chi connectivity index (χ1n) is 10.5. The van der Waals surface area contributed by atoms with Gasteiger partial charge in [-0.2, -0.15) is 10.1 Å². The lowest BCUT2D eigenvalue weighted by molar-refractivity contribution is 0.102. The van der Waals surface area contributed by atoms with Crippen LogP contribution in [0.1, 0.15) is 33.1 Å². The maximum absolute atomic E-state index is 12.5. The van der Waals surface area contributed by atoms with Crippen molar-refractivity contribution < 1.29 is 14.3 Å². The third kappa shape index (κ3) is 4.85. The van der Waals surface area contributed by atoms with E-state index in [0.717, 1.165) is 17.0 Å². The summed E-state index contributed by atoms with van der Waals surface area (Å²) < 4.78 is 12.9. The SMILES string of the molecule is COc1cccc(C(=O)Nc2ccc(Oc3cc(-n4nc(C)c(C)c4C)nc(C)n3)cc2)c1. The number of carbonyl (C=O) groups excluding carboxylic acids is 1. The van der Waals surface area contributed by atoms with Crippen LogP contribution in [-0.4, -0.2) is 32.8 Å². The maximum atomic E-state index is 12.5. The quantitative estimate of drug-likeness (QED) is 0.453. The lowest BCUT2D eigenvalue weighted by atomic mass is 10.2. The van der Waals surface area contributed by atoms with E-state index in [1.807, 2.05) is 27.7 Å². The number of nitrogens with zero attached hydrogens (tertiary/aromatic N) is 4. The Balaban J connectivity index is 1.49. The van der Waals surface area contributed by atoms with Gasteiger partial charge in [0.2, 0.25) is 5.88 Å². The molecule has 0 bridgehead atoms. The van der Waals surface area contributed by atoms with Gasteiger partial charge in [-0.3, -0.25) is 4.79 Å². The van der Waals surface area contributed by atoms with Crippen LogP contribution in [-0.2, 0) is 0 Å². The second-order valence-corrected chi connectivity index (χ2v) is 7.63. The highest BCUT2D eigenvalue weighted by Gasteiger charge is 2.13. The molecule has 1 amide bonds. The number of benzene rings is 2. The number of rotatable bonds is 6. The van der Waals surface area contributed by atoms with Crippen LogP contribution in [0.3, 0.4) is 0 Å². The molecule has 0 radical (unpaired) electrons. The fourth-order valence-corrected chi connectivity index (χ4v) is 3.32. The van der Waals surface area contributed by atoms with Crippen molar-refractivity contribution in [1.29, 1.82) is 0 Å². The summed E-state index contributed by atoms with van der Waals surface area (Å²) in [4.78, 5) is 21.4. The molecule has 0 fully saturated rings. The van der Waals surface area contributed by atoms with Crippen molar-refractivity contribution in [3.05, 3.63) is 82.9 Å². The molecule has 4 aromatic rings. The van der Waals surface area contributed by atoms with Gasteiger partial charge in [0.25, 0.3) is 5.91 Å². The zero-order valence-corrected chi connectivity index (χ0v) is 19.2. The number of anilines is 1. The average Bonchev–Trinajstić information content (AvgIpc) is 3.07. The van der Waals surface area contributed by atoms with Crippen LogP contribution in [0.2, 0.25) is 0 Å². The van der Waals surface area contributed by atoms with Crippen LogP contribution in [0.4, 0.5) is 5.69 Å². The smallest absolute Gasteiger partial charge is 0.255 e. The zero-order chi connectivity index (χ0) is 23.5. The van der Waals surface area contributed by atoms with Gasteiger partial charge in [0.05, 0.1) is 12.8 Å². The normalized spacial score (nSPS) is 10.7. The highest BCUT2D eigenvalue weighted by Crippen LogP contribution is 2.25. The van der Waals surface area contributed by atoms with Crippen LogP contribution in [0.25, 0.3) is 5.82 Å². The van der Waals surface area contributed by atoms with Crippen LogP contribution in [0.5, 0.6) is 17.4 Å². The molecule has 0 aliphatic carbocycles. The average molecular weight is 444 g/mol. The van der Waals surface area contributed by atoms with E-state index in [9.17, 15) is 4.79 Å². The second kappa shape index (κ2) is 9.12. The molecule has 0 aliphatic rings. The molecule has 33 heavy (non-hydrogen) atoms. The van der Waals surface area contributed by atoms with E-state index in [4.69, 9.17) is 9.47 Å². The number of aromatic nitrogens is 4. The third-order valence-electron chi connectivity index (χ3n) is 5.34. The van der Waals surface area contributed by atoms with E-state index in [-0.39, 0.29) is 5.91 Å². The Kier molecular flexibility index (Phi) is 6.08. The van der Waals surface area contributed by atoms with Crippen LogP contribution < -0.4 is 14.8 Å². The van der Waals surface area contributed by atoms with Crippen molar-refractivity contribution in [2.24, 2.45) is 0 Å². The van der Waals surface area contributed by atoms with Gasteiger partial charge in [0.1, 0.15) is 17.3 Å². The minimum atomic E-state index is -0.223. The molecule has 0 atom stereocenters. The summed E-state index contributed by atoms with van der Waals surface area (Å²) in [5, 5.41) is 7.43. The molecule has 0 saturated carbocycles. The molecule has 0 aliphatic heterocycles. The van der Waals surface area contributed by atoms with E-state index in [2.05, 4.69) is 20.4 Å². The van der Waals surface area contributed by atoms with Crippen molar-refractivity contribution in [3.8, 4) is 23.2 Å². The van der Waals surface area contributed by atoms with Gasteiger partial charge in [0.15, 0.2) is 5.82 Å². The number of methoxy groups -OCH3 is 1. The summed E-state index contributed by atoms with van der Waals surface area (Å²) in [6, 6.07) is 15.8. The molecule has 0 saturated heterocycles. The molecule has 2 aromatic heterocycles. The predicted molar refractivity (Wildman–Crippen MR) is 126 cm³/mol.